The van der Waals surface area contributed by atoms with E-state index in [0.29, 0.717) is 36.3 Å². The first kappa shape index (κ1) is 21.3. The van der Waals surface area contributed by atoms with Crippen LogP contribution in [-0.4, -0.2) is 52.7 Å². The Morgan fingerprint density at radius 1 is 1.06 bits per heavy atom. The number of aromatic nitrogens is 2. The maximum absolute atomic E-state index is 13.3. The van der Waals surface area contributed by atoms with Gasteiger partial charge in [-0.15, -0.1) is 0 Å². The summed E-state index contributed by atoms with van der Waals surface area (Å²) in [7, 11) is 0. The number of halogens is 2. The van der Waals surface area contributed by atoms with Crippen molar-refractivity contribution in [2.75, 3.05) is 31.1 Å². The number of hydrogen-bond acceptors (Lipinski definition) is 6. The summed E-state index contributed by atoms with van der Waals surface area (Å²) in [5.74, 6) is 0.351. The SMILES string of the molecule is CC(C)(C)OC(=O)N1CC2CN(c3cncc(OCc4cc(F)cc(F)c4)n3)CC2C1. The van der Waals surface area contributed by atoms with Crippen molar-refractivity contribution in [2.45, 2.75) is 33.0 Å². The van der Waals surface area contributed by atoms with Gasteiger partial charge < -0.3 is 19.3 Å². The molecule has 4 rings (SSSR count). The van der Waals surface area contributed by atoms with E-state index in [0.717, 1.165) is 19.2 Å². The van der Waals surface area contributed by atoms with Crippen molar-refractivity contribution < 1.29 is 23.0 Å². The van der Waals surface area contributed by atoms with Crippen LogP contribution in [0.5, 0.6) is 5.88 Å². The van der Waals surface area contributed by atoms with Gasteiger partial charge in [0.15, 0.2) is 5.82 Å². The molecule has 7 nitrogen and oxygen atoms in total. The van der Waals surface area contributed by atoms with E-state index in [1.165, 1.54) is 18.3 Å². The zero-order valence-electron chi connectivity index (χ0n) is 17.8. The van der Waals surface area contributed by atoms with Crippen LogP contribution in [0.3, 0.4) is 0 Å². The number of benzene rings is 1. The van der Waals surface area contributed by atoms with Gasteiger partial charge in [-0.2, -0.15) is 4.98 Å². The zero-order chi connectivity index (χ0) is 22.2. The molecule has 0 bridgehead atoms. The third-order valence-corrected chi connectivity index (χ3v) is 5.37. The Kier molecular flexibility index (Phi) is 5.68. The molecule has 0 saturated carbocycles. The number of amides is 1. The van der Waals surface area contributed by atoms with Gasteiger partial charge in [-0.05, 0) is 38.5 Å². The molecule has 31 heavy (non-hydrogen) atoms. The van der Waals surface area contributed by atoms with Gasteiger partial charge in [0, 0.05) is 44.1 Å². The average Bonchev–Trinajstić information content (AvgIpc) is 3.24. The number of rotatable bonds is 4. The van der Waals surface area contributed by atoms with E-state index in [1.54, 1.807) is 11.1 Å². The second-order valence-electron chi connectivity index (χ2n) is 9.09. The molecule has 2 aromatic rings. The molecule has 2 saturated heterocycles. The van der Waals surface area contributed by atoms with Gasteiger partial charge in [0.05, 0.1) is 12.4 Å². The number of fused-ring (bicyclic) bond motifs is 1. The number of likely N-dealkylation sites (tertiary alicyclic amines) is 1. The number of hydrogen-bond donors (Lipinski definition) is 0. The van der Waals surface area contributed by atoms with E-state index in [9.17, 15) is 13.6 Å². The fourth-order valence-corrected chi connectivity index (χ4v) is 4.07. The molecule has 9 heteroatoms. The first-order valence-corrected chi connectivity index (χ1v) is 10.3. The van der Waals surface area contributed by atoms with E-state index in [2.05, 4.69) is 14.9 Å². The standard InChI is InChI=1S/C22H26F2N4O3/c1-22(2,3)31-21(29)28-11-15-9-27(10-16(15)12-28)19-7-25-8-20(26-19)30-13-14-4-17(23)6-18(24)5-14/h4-8,15-16H,9-13H2,1-3H3. The zero-order valence-corrected chi connectivity index (χ0v) is 17.8. The molecule has 2 aliphatic heterocycles. The highest BCUT2D eigenvalue weighted by Crippen LogP contribution is 2.34. The molecule has 2 unspecified atom stereocenters. The summed E-state index contributed by atoms with van der Waals surface area (Å²) in [5.41, 5.74) is -0.128. The van der Waals surface area contributed by atoms with Crippen LogP contribution in [0, 0.1) is 23.5 Å². The summed E-state index contributed by atoms with van der Waals surface area (Å²) in [6, 6.07) is 3.26. The van der Waals surface area contributed by atoms with Crippen LogP contribution in [0.2, 0.25) is 0 Å². The van der Waals surface area contributed by atoms with Crippen molar-refractivity contribution in [2.24, 2.45) is 11.8 Å². The summed E-state index contributed by atoms with van der Waals surface area (Å²) >= 11 is 0. The molecule has 2 aliphatic rings. The van der Waals surface area contributed by atoms with Crippen LogP contribution in [0.15, 0.2) is 30.6 Å². The highest BCUT2D eigenvalue weighted by molar-refractivity contribution is 5.68. The van der Waals surface area contributed by atoms with Crippen LogP contribution < -0.4 is 9.64 Å². The molecular formula is C22H26F2N4O3. The van der Waals surface area contributed by atoms with Crippen LogP contribution >= 0.6 is 0 Å². The first-order valence-electron chi connectivity index (χ1n) is 10.3. The lowest BCUT2D eigenvalue weighted by atomic mass is 10.0. The van der Waals surface area contributed by atoms with Gasteiger partial charge in [-0.1, -0.05) is 0 Å². The third kappa shape index (κ3) is 5.21. The fraction of sp³-hybridized carbons (Fsp3) is 0.500. The van der Waals surface area contributed by atoms with Crippen LogP contribution in [0.25, 0.3) is 0 Å². The topological polar surface area (TPSA) is 67.8 Å². The molecule has 0 radical (unpaired) electrons. The Hall–Kier alpha value is -2.97. The largest absolute Gasteiger partial charge is 0.472 e. The van der Waals surface area contributed by atoms with Gasteiger partial charge in [0.1, 0.15) is 23.8 Å². The lowest BCUT2D eigenvalue weighted by molar-refractivity contribution is 0.0282. The summed E-state index contributed by atoms with van der Waals surface area (Å²) in [4.78, 5) is 24.9. The van der Waals surface area contributed by atoms with Crippen molar-refractivity contribution in [1.29, 1.82) is 0 Å². The number of ether oxygens (including phenoxy) is 2. The summed E-state index contributed by atoms with van der Waals surface area (Å²) < 4.78 is 37.7. The predicted octanol–water partition coefficient (Wildman–Crippen LogP) is 3.64. The second-order valence-corrected chi connectivity index (χ2v) is 9.09. The minimum atomic E-state index is -0.650. The first-order chi connectivity index (χ1) is 14.7. The molecule has 0 aliphatic carbocycles. The summed E-state index contributed by atoms with van der Waals surface area (Å²) in [6.45, 7) is 8.42. The van der Waals surface area contributed by atoms with Gasteiger partial charge in [0.25, 0.3) is 0 Å². The van der Waals surface area contributed by atoms with Crippen molar-refractivity contribution >= 4 is 11.9 Å². The lowest BCUT2D eigenvalue weighted by Gasteiger charge is -2.26. The monoisotopic (exact) mass is 432 g/mol. The van der Waals surface area contributed by atoms with Gasteiger partial charge >= 0.3 is 6.09 Å². The van der Waals surface area contributed by atoms with Gasteiger partial charge in [0.2, 0.25) is 5.88 Å². The molecule has 2 atom stereocenters. The second kappa shape index (κ2) is 8.28. The Bertz CT molecular complexity index is 932. The molecule has 1 amide bonds. The molecule has 0 spiro atoms. The van der Waals surface area contributed by atoms with Crippen LogP contribution in [0.1, 0.15) is 26.3 Å². The van der Waals surface area contributed by atoms with Crippen LogP contribution in [0.4, 0.5) is 19.4 Å². The fourth-order valence-electron chi connectivity index (χ4n) is 4.07. The summed E-state index contributed by atoms with van der Waals surface area (Å²) in [5, 5.41) is 0. The minimum Gasteiger partial charge on any atom is -0.472 e. The number of nitrogens with zero attached hydrogens (tertiary/aromatic N) is 4. The highest BCUT2D eigenvalue weighted by atomic mass is 19.1. The maximum atomic E-state index is 13.3. The van der Waals surface area contributed by atoms with E-state index >= 15 is 0 Å². The van der Waals surface area contributed by atoms with Crippen molar-refractivity contribution in [3.63, 3.8) is 0 Å². The van der Waals surface area contributed by atoms with Crippen LogP contribution in [-0.2, 0) is 11.3 Å². The van der Waals surface area contributed by atoms with E-state index in [1.807, 2.05) is 20.8 Å². The predicted molar refractivity (Wildman–Crippen MR) is 110 cm³/mol. The summed E-state index contributed by atoms with van der Waals surface area (Å²) in [6.07, 6.45) is 2.87. The number of anilines is 1. The molecule has 3 heterocycles. The maximum Gasteiger partial charge on any atom is 0.410 e. The van der Waals surface area contributed by atoms with E-state index in [4.69, 9.17) is 9.47 Å². The minimum absolute atomic E-state index is 0.0110. The molecule has 1 aromatic heterocycles. The van der Waals surface area contributed by atoms with Crippen molar-refractivity contribution in [1.82, 2.24) is 14.9 Å². The Morgan fingerprint density at radius 3 is 2.32 bits per heavy atom. The number of carbonyl (C=O) groups excluding carboxylic acids is 1. The molecule has 0 N–H and O–H groups in total. The number of carbonyl (C=O) groups is 1. The molecular weight excluding hydrogens is 406 g/mol. The quantitative estimate of drug-likeness (QED) is 0.735. The van der Waals surface area contributed by atoms with Gasteiger partial charge in [-0.25, -0.2) is 13.6 Å². The smallest absolute Gasteiger partial charge is 0.410 e. The lowest BCUT2D eigenvalue weighted by Crippen LogP contribution is -2.37. The van der Waals surface area contributed by atoms with Crippen molar-refractivity contribution in [3.05, 3.63) is 47.8 Å². The molecule has 1 aromatic carbocycles. The van der Waals surface area contributed by atoms with Gasteiger partial charge in [-0.3, -0.25) is 4.98 Å². The Balaban J connectivity index is 1.34. The van der Waals surface area contributed by atoms with Crippen molar-refractivity contribution in [3.8, 4) is 5.88 Å². The normalized spacial score (nSPS) is 20.7. The Morgan fingerprint density at radius 2 is 1.71 bits per heavy atom. The third-order valence-electron chi connectivity index (χ3n) is 5.37. The average molecular weight is 432 g/mol. The van der Waals surface area contributed by atoms with E-state index < -0.39 is 17.2 Å². The molecule has 2 fully saturated rings. The van der Waals surface area contributed by atoms with E-state index in [-0.39, 0.29) is 18.6 Å². The Labute approximate surface area is 180 Å². The highest BCUT2D eigenvalue weighted by Gasteiger charge is 2.43. The molecule has 166 valence electrons.